The van der Waals surface area contributed by atoms with Gasteiger partial charge in [0.15, 0.2) is 0 Å². The second-order valence-electron chi connectivity index (χ2n) is 20.7. The molecule has 0 bridgehead atoms. The monoisotopic (exact) mass is 956 g/mol. The van der Waals surface area contributed by atoms with Crippen molar-refractivity contribution >= 4 is 11.9 Å². The summed E-state index contributed by atoms with van der Waals surface area (Å²) in [7, 11) is 0. The standard InChI is InChI=1S/C62H117NO5/c1-3-5-7-9-11-13-15-17-27-32-36-40-44-48-52-56-62(67)68-57-53-49-45-41-37-33-29-26-24-22-20-18-19-21-23-25-28-31-35-39-43-47-51-55-61(66)63-59(58-64)60(65)54-50-46-42-38-34-30-16-14-12-10-8-6-4-2/h17,21,23,27,50,54,59-60,64-65H,3-16,18-20,22,24-26,28-49,51-53,55-58H2,1-2H3,(H,63,66)/b23-21-,27-17-,54-50+. The summed E-state index contributed by atoms with van der Waals surface area (Å²) in [6.07, 6.45) is 71.8. The number of rotatable bonds is 56. The highest BCUT2D eigenvalue weighted by atomic mass is 16.5. The highest BCUT2D eigenvalue weighted by molar-refractivity contribution is 5.76. The zero-order valence-corrected chi connectivity index (χ0v) is 45.6. The molecule has 3 N–H and O–H groups in total. The normalized spacial score (nSPS) is 12.8. The van der Waals surface area contributed by atoms with Crippen molar-refractivity contribution in [1.29, 1.82) is 0 Å². The van der Waals surface area contributed by atoms with Crippen LogP contribution in [0.15, 0.2) is 36.5 Å². The van der Waals surface area contributed by atoms with Crippen LogP contribution in [0.5, 0.6) is 0 Å². The highest BCUT2D eigenvalue weighted by Gasteiger charge is 2.18. The summed E-state index contributed by atoms with van der Waals surface area (Å²) in [5, 5.41) is 23.1. The number of amides is 1. The Morgan fingerprint density at radius 3 is 1.04 bits per heavy atom. The van der Waals surface area contributed by atoms with Gasteiger partial charge in [0.25, 0.3) is 0 Å². The molecule has 0 heterocycles. The molecule has 0 fully saturated rings. The summed E-state index contributed by atoms with van der Waals surface area (Å²) in [6.45, 7) is 4.89. The quantitative estimate of drug-likeness (QED) is 0.0321. The lowest BCUT2D eigenvalue weighted by molar-refractivity contribution is -0.143. The van der Waals surface area contributed by atoms with E-state index in [1.165, 1.54) is 244 Å². The van der Waals surface area contributed by atoms with Crippen LogP contribution in [0, 0.1) is 0 Å². The average molecular weight is 957 g/mol. The molecular weight excluding hydrogens is 839 g/mol. The first kappa shape index (κ1) is 66.1. The molecule has 6 nitrogen and oxygen atoms in total. The molecule has 2 unspecified atom stereocenters. The lowest BCUT2D eigenvalue weighted by atomic mass is 10.0. The average Bonchev–Trinajstić information content (AvgIpc) is 3.34. The number of hydrogen-bond acceptors (Lipinski definition) is 5. The van der Waals surface area contributed by atoms with Crippen LogP contribution in [-0.4, -0.2) is 47.4 Å². The van der Waals surface area contributed by atoms with Gasteiger partial charge in [-0.25, -0.2) is 0 Å². The third-order valence-corrected chi connectivity index (χ3v) is 13.9. The molecule has 0 saturated carbocycles. The predicted octanol–water partition coefficient (Wildman–Crippen LogP) is 18.8. The molecule has 0 aromatic carbocycles. The van der Waals surface area contributed by atoms with Crippen LogP contribution < -0.4 is 5.32 Å². The van der Waals surface area contributed by atoms with Gasteiger partial charge >= 0.3 is 5.97 Å². The van der Waals surface area contributed by atoms with Crippen LogP contribution in [0.4, 0.5) is 0 Å². The Hall–Kier alpha value is -1.92. The van der Waals surface area contributed by atoms with Crippen molar-refractivity contribution < 1.29 is 24.5 Å². The number of ether oxygens (including phenoxy) is 1. The molecule has 0 spiro atoms. The SMILES string of the molecule is CCCCCCCC/C=C\CCCCCCCC(=O)OCCCCCCCCCCCCCC/C=C\CCCCCCCCCC(=O)NC(CO)C(O)/C=C/CCCCCCCCCCCCC. The van der Waals surface area contributed by atoms with E-state index in [1.54, 1.807) is 6.08 Å². The largest absolute Gasteiger partial charge is 0.466 e. The van der Waals surface area contributed by atoms with Crippen molar-refractivity contribution in [3.05, 3.63) is 36.5 Å². The van der Waals surface area contributed by atoms with Gasteiger partial charge in [-0.2, -0.15) is 0 Å². The molecule has 0 aliphatic rings. The molecule has 0 rings (SSSR count). The van der Waals surface area contributed by atoms with Gasteiger partial charge in [-0.3, -0.25) is 9.59 Å². The second-order valence-corrected chi connectivity index (χ2v) is 20.7. The minimum atomic E-state index is -0.848. The van der Waals surface area contributed by atoms with Gasteiger partial charge in [0.05, 0.1) is 25.4 Å². The summed E-state index contributed by atoms with van der Waals surface area (Å²) in [5.41, 5.74) is 0. The van der Waals surface area contributed by atoms with Crippen LogP contribution in [0.1, 0.15) is 322 Å². The summed E-state index contributed by atoms with van der Waals surface area (Å²) >= 11 is 0. The highest BCUT2D eigenvalue weighted by Crippen LogP contribution is 2.16. The van der Waals surface area contributed by atoms with Gasteiger partial charge < -0.3 is 20.3 Å². The van der Waals surface area contributed by atoms with Crippen molar-refractivity contribution in [2.75, 3.05) is 13.2 Å². The minimum absolute atomic E-state index is 0.00287. The molecular formula is C62H117NO5. The number of carbonyl (C=O) groups excluding carboxylic acids is 2. The molecule has 6 heteroatoms. The lowest BCUT2D eigenvalue weighted by Crippen LogP contribution is -2.45. The van der Waals surface area contributed by atoms with E-state index in [9.17, 15) is 19.8 Å². The van der Waals surface area contributed by atoms with E-state index < -0.39 is 12.1 Å². The first-order valence-electron chi connectivity index (χ1n) is 30.3. The molecule has 2 atom stereocenters. The first-order chi connectivity index (χ1) is 33.5. The zero-order valence-electron chi connectivity index (χ0n) is 45.6. The molecule has 68 heavy (non-hydrogen) atoms. The number of hydrogen-bond donors (Lipinski definition) is 3. The van der Waals surface area contributed by atoms with Gasteiger partial charge in [0.1, 0.15) is 0 Å². The van der Waals surface area contributed by atoms with Gasteiger partial charge in [0, 0.05) is 12.8 Å². The Balaban J connectivity index is 3.42. The molecule has 0 radical (unpaired) electrons. The van der Waals surface area contributed by atoms with E-state index in [0.717, 1.165) is 51.4 Å². The molecule has 400 valence electrons. The Kier molecular flexibility index (Phi) is 56.0. The van der Waals surface area contributed by atoms with E-state index in [-0.39, 0.29) is 18.5 Å². The molecule has 0 aromatic heterocycles. The summed E-state index contributed by atoms with van der Waals surface area (Å²) < 4.78 is 5.48. The predicted molar refractivity (Wildman–Crippen MR) is 296 cm³/mol. The second kappa shape index (κ2) is 57.7. The Bertz CT molecular complexity index is 1100. The Morgan fingerprint density at radius 1 is 0.397 bits per heavy atom. The number of carbonyl (C=O) groups is 2. The molecule has 0 saturated heterocycles. The maximum atomic E-state index is 12.4. The van der Waals surface area contributed by atoms with Gasteiger partial charge in [-0.05, 0) is 83.5 Å². The minimum Gasteiger partial charge on any atom is -0.466 e. The Labute approximate surface area is 424 Å². The number of nitrogens with one attached hydrogen (secondary N) is 1. The smallest absolute Gasteiger partial charge is 0.305 e. The number of aliphatic hydroxyl groups excluding tert-OH is 2. The summed E-state index contributed by atoms with van der Waals surface area (Å²) in [6, 6.07) is -0.632. The number of unbranched alkanes of at least 4 members (excludes halogenated alkanes) is 41. The number of allylic oxidation sites excluding steroid dienone is 5. The topological polar surface area (TPSA) is 95.9 Å². The molecule has 1 amide bonds. The van der Waals surface area contributed by atoms with E-state index in [0.29, 0.717) is 19.4 Å². The fourth-order valence-electron chi connectivity index (χ4n) is 9.21. The van der Waals surface area contributed by atoms with Crippen molar-refractivity contribution in [2.45, 2.75) is 334 Å². The first-order valence-corrected chi connectivity index (χ1v) is 30.3. The fraction of sp³-hybridized carbons (Fsp3) is 0.871. The van der Waals surface area contributed by atoms with E-state index in [4.69, 9.17) is 4.74 Å². The number of aliphatic hydroxyl groups is 2. The summed E-state index contributed by atoms with van der Waals surface area (Å²) in [4.78, 5) is 24.5. The lowest BCUT2D eigenvalue weighted by Gasteiger charge is -2.20. The van der Waals surface area contributed by atoms with Gasteiger partial charge in [-0.1, -0.05) is 262 Å². The van der Waals surface area contributed by atoms with Crippen LogP contribution in [-0.2, 0) is 14.3 Å². The third kappa shape index (κ3) is 53.4. The third-order valence-electron chi connectivity index (χ3n) is 13.9. The molecule has 0 aliphatic carbocycles. The van der Waals surface area contributed by atoms with Crippen LogP contribution in [0.2, 0.25) is 0 Å². The van der Waals surface area contributed by atoms with E-state index in [1.807, 2.05) is 6.08 Å². The van der Waals surface area contributed by atoms with Crippen molar-refractivity contribution in [2.24, 2.45) is 0 Å². The van der Waals surface area contributed by atoms with E-state index >= 15 is 0 Å². The van der Waals surface area contributed by atoms with E-state index in [2.05, 4.69) is 43.5 Å². The van der Waals surface area contributed by atoms with Crippen LogP contribution in [0.25, 0.3) is 0 Å². The van der Waals surface area contributed by atoms with Gasteiger partial charge in [0.2, 0.25) is 5.91 Å². The van der Waals surface area contributed by atoms with Crippen molar-refractivity contribution in [3.8, 4) is 0 Å². The number of esters is 1. The van der Waals surface area contributed by atoms with Crippen molar-refractivity contribution in [1.82, 2.24) is 5.32 Å². The fourth-order valence-corrected chi connectivity index (χ4v) is 9.21. The molecule has 0 aliphatic heterocycles. The Morgan fingerprint density at radius 2 is 0.691 bits per heavy atom. The van der Waals surface area contributed by atoms with Crippen molar-refractivity contribution in [3.63, 3.8) is 0 Å². The van der Waals surface area contributed by atoms with Gasteiger partial charge in [-0.15, -0.1) is 0 Å². The zero-order chi connectivity index (χ0) is 49.3. The van der Waals surface area contributed by atoms with Crippen LogP contribution >= 0.6 is 0 Å². The summed E-state index contributed by atoms with van der Waals surface area (Å²) in [5.74, 6) is -0.0715. The molecule has 0 aromatic rings. The van der Waals surface area contributed by atoms with Crippen LogP contribution in [0.3, 0.4) is 0 Å². The maximum Gasteiger partial charge on any atom is 0.305 e. The maximum absolute atomic E-state index is 12.4.